The van der Waals surface area contributed by atoms with Crippen LogP contribution in [0.2, 0.25) is 0 Å². The number of carbonyl (C=O) groups excluding carboxylic acids is 1. The number of rotatable bonds is 6. The predicted octanol–water partition coefficient (Wildman–Crippen LogP) is -0.0613. The Bertz CT molecular complexity index is 595. The summed E-state index contributed by atoms with van der Waals surface area (Å²) in [5.41, 5.74) is 0.878. The molecule has 0 saturated heterocycles. The van der Waals surface area contributed by atoms with Gasteiger partial charge in [0.05, 0.1) is 5.75 Å². The van der Waals surface area contributed by atoms with Crippen LogP contribution in [0.3, 0.4) is 0 Å². The molecular weight excluding hydrogens is 284 g/mol. The van der Waals surface area contributed by atoms with E-state index in [0.29, 0.717) is 11.1 Å². The molecular formula is C12H16N2O5S. The largest absolute Gasteiger partial charge is 0.480 e. The van der Waals surface area contributed by atoms with Crippen LogP contribution in [-0.2, 0) is 20.6 Å². The number of aliphatic carboxylic acids is 1. The van der Waals surface area contributed by atoms with Gasteiger partial charge < -0.3 is 10.4 Å². The number of carboxylic acid groups (broad SMARTS) is 1. The van der Waals surface area contributed by atoms with Gasteiger partial charge >= 0.3 is 5.97 Å². The molecule has 0 unspecified atom stereocenters. The highest BCUT2D eigenvalue weighted by molar-refractivity contribution is 7.88. The zero-order chi connectivity index (χ0) is 15.3. The molecule has 0 heterocycles. The van der Waals surface area contributed by atoms with Crippen molar-refractivity contribution < 1.29 is 23.1 Å². The van der Waals surface area contributed by atoms with Crippen molar-refractivity contribution in [1.29, 1.82) is 0 Å². The van der Waals surface area contributed by atoms with E-state index in [-0.39, 0.29) is 11.7 Å². The molecule has 1 atom stereocenters. The third-order valence-electron chi connectivity index (χ3n) is 2.53. The molecule has 0 saturated carbocycles. The molecule has 8 heteroatoms. The first-order chi connectivity index (χ1) is 9.25. The van der Waals surface area contributed by atoms with Crippen LogP contribution in [0.1, 0.15) is 22.8 Å². The number of benzene rings is 1. The topological polar surface area (TPSA) is 113 Å². The summed E-state index contributed by atoms with van der Waals surface area (Å²) in [5.74, 6) is -1.86. The first-order valence-corrected chi connectivity index (χ1v) is 7.44. The number of carbonyl (C=O) groups is 2. The zero-order valence-corrected chi connectivity index (χ0v) is 11.9. The molecule has 1 aromatic rings. The molecule has 1 amide bonds. The van der Waals surface area contributed by atoms with Crippen LogP contribution in [0, 0.1) is 0 Å². The van der Waals surface area contributed by atoms with Crippen molar-refractivity contribution in [2.24, 2.45) is 0 Å². The average Bonchev–Trinajstić information content (AvgIpc) is 2.37. The molecule has 0 aliphatic rings. The number of carboxylic acids is 1. The van der Waals surface area contributed by atoms with Gasteiger partial charge in [0.1, 0.15) is 6.04 Å². The molecule has 0 aromatic heterocycles. The molecule has 1 rings (SSSR count). The van der Waals surface area contributed by atoms with E-state index in [1.165, 1.54) is 38.2 Å². The average molecular weight is 300 g/mol. The zero-order valence-electron chi connectivity index (χ0n) is 11.1. The molecule has 0 aliphatic heterocycles. The maximum atomic E-state index is 11.7. The number of nitrogens with one attached hydrogen (secondary N) is 2. The fourth-order valence-electron chi connectivity index (χ4n) is 1.48. The van der Waals surface area contributed by atoms with Gasteiger partial charge in [-0.15, -0.1) is 0 Å². The Morgan fingerprint density at radius 1 is 1.25 bits per heavy atom. The number of hydrogen-bond donors (Lipinski definition) is 3. The van der Waals surface area contributed by atoms with E-state index in [0.717, 1.165) is 0 Å². The van der Waals surface area contributed by atoms with Crippen molar-refractivity contribution in [3.05, 3.63) is 35.4 Å². The minimum Gasteiger partial charge on any atom is -0.480 e. The van der Waals surface area contributed by atoms with E-state index in [4.69, 9.17) is 5.11 Å². The summed E-state index contributed by atoms with van der Waals surface area (Å²) in [6, 6.07) is 4.84. The van der Waals surface area contributed by atoms with Gasteiger partial charge in [0, 0.05) is 12.6 Å². The standard InChI is InChI=1S/C12H16N2O5S/c1-8(12(16)17)14-20(18,19)7-9-3-5-10(6-4-9)11(15)13-2/h3-6,8,14H,7H2,1-2H3,(H,13,15)(H,16,17)/t8-/m0/s1. The van der Waals surface area contributed by atoms with Gasteiger partial charge in [-0.3, -0.25) is 9.59 Å². The van der Waals surface area contributed by atoms with Gasteiger partial charge in [0.15, 0.2) is 0 Å². The SMILES string of the molecule is CNC(=O)c1ccc(CS(=O)(=O)N[C@@H](C)C(=O)O)cc1. The fraction of sp³-hybridized carbons (Fsp3) is 0.333. The molecule has 110 valence electrons. The van der Waals surface area contributed by atoms with Crippen LogP contribution < -0.4 is 10.0 Å². The van der Waals surface area contributed by atoms with Crippen LogP contribution >= 0.6 is 0 Å². The van der Waals surface area contributed by atoms with Crippen LogP contribution in [0.4, 0.5) is 0 Å². The fourth-order valence-corrected chi connectivity index (χ4v) is 2.83. The Balaban J connectivity index is 2.78. The summed E-state index contributed by atoms with van der Waals surface area (Å²) in [6.45, 7) is 1.24. The van der Waals surface area contributed by atoms with Gasteiger partial charge in [0.2, 0.25) is 10.0 Å². The number of amides is 1. The maximum Gasteiger partial charge on any atom is 0.321 e. The van der Waals surface area contributed by atoms with Crippen LogP contribution in [0.15, 0.2) is 24.3 Å². The normalized spacial score (nSPS) is 12.7. The second-order valence-electron chi connectivity index (χ2n) is 4.21. The van der Waals surface area contributed by atoms with Gasteiger partial charge in [-0.25, -0.2) is 13.1 Å². The minimum absolute atomic E-state index is 0.267. The smallest absolute Gasteiger partial charge is 0.321 e. The molecule has 0 fully saturated rings. The van der Waals surface area contributed by atoms with Crippen LogP contribution in [-0.4, -0.2) is 38.5 Å². The first-order valence-electron chi connectivity index (χ1n) is 5.79. The molecule has 0 radical (unpaired) electrons. The third-order valence-corrected chi connectivity index (χ3v) is 3.95. The lowest BCUT2D eigenvalue weighted by Crippen LogP contribution is -2.38. The summed E-state index contributed by atoms with van der Waals surface area (Å²) in [7, 11) is -2.25. The predicted molar refractivity (Wildman–Crippen MR) is 72.7 cm³/mol. The highest BCUT2D eigenvalue weighted by atomic mass is 32.2. The minimum atomic E-state index is -3.75. The second-order valence-corrected chi connectivity index (χ2v) is 5.97. The Labute approximate surface area is 117 Å². The summed E-state index contributed by atoms with van der Waals surface area (Å²) in [6.07, 6.45) is 0. The molecule has 0 aliphatic carbocycles. The molecule has 3 N–H and O–H groups in total. The number of sulfonamides is 1. The van der Waals surface area contributed by atoms with E-state index in [1.807, 2.05) is 4.72 Å². The summed E-state index contributed by atoms with van der Waals surface area (Å²) in [4.78, 5) is 21.9. The van der Waals surface area contributed by atoms with Crippen LogP contribution in [0.25, 0.3) is 0 Å². The highest BCUT2D eigenvalue weighted by Gasteiger charge is 2.19. The molecule has 0 bridgehead atoms. The van der Waals surface area contributed by atoms with Crippen LogP contribution in [0.5, 0.6) is 0 Å². The quantitative estimate of drug-likeness (QED) is 0.681. The summed E-state index contributed by atoms with van der Waals surface area (Å²) < 4.78 is 25.5. The Kier molecular flexibility index (Phi) is 5.23. The Hall–Kier alpha value is -1.93. The van der Waals surface area contributed by atoms with Crippen molar-refractivity contribution in [3.8, 4) is 0 Å². The summed E-state index contributed by atoms with van der Waals surface area (Å²) in [5, 5.41) is 11.1. The Morgan fingerprint density at radius 3 is 2.25 bits per heavy atom. The van der Waals surface area contributed by atoms with E-state index in [1.54, 1.807) is 0 Å². The van der Waals surface area contributed by atoms with Crippen molar-refractivity contribution >= 4 is 21.9 Å². The van der Waals surface area contributed by atoms with Gasteiger partial charge in [-0.2, -0.15) is 0 Å². The highest BCUT2D eigenvalue weighted by Crippen LogP contribution is 2.08. The van der Waals surface area contributed by atoms with Crippen molar-refractivity contribution in [3.63, 3.8) is 0 Å². The van der Waals surface area contributed by atoms with Crippen molar-refractivity contribution in [2.45, 2.75) is 18.7 Å². The molecule has 20 heavy (non-hydrogen) atoms. The number of hydrogen-bond acceptors (Lipinski definition) is 4. The Morgan fingerprint density at radius 2 is 1.80 bits per heavy atom. The van der Waals surface area contributed by atoms with Crippen molar-refractivity contribution in [1.82, 2.24) is 10.0 Å². The van der Waals surface area contributed by atoms with Gasteiger partial charge in [-0.1, -0.05) is 12.1 Å². The summed E-state index contributed by atoms with van der Waals surface area (Å²) >= 11 is 0. The molecule has 0 spiro atoms. The monoisotopic (exact) mass is 300 g/mol. The third kappa shape index (κ3) is 4.63. The molecule has 1 aromatic carbocycles. The first kappa shape index (κ1) is 16.1. The molecule has 7 nitrogen and oxygen atoms in total. The van der Waals surface area contributed by atoms with E-state index < -0.39 is 22.0 Å². The van der Waals surface area contributed by atoms with E-state index in [9.17, 15) is 18.0 Å². The van der Waals surface area contributed by atoms with Crippen molar-refractivity contribution in [2.75, 3.05) is 7.05 Å². The lowest BCUT2D eigenvalue weighted by atomic mass is 10.1. The lowest BCUT2D eigenvalue weighted by molar-refractivity contribution is -0.138. The second kappa shape index (κ2) is 6.49. The van der Waals surface area contributed by atoms with Gasteiger partial charge in [0.25, 0.3) is 5.91 Å². The van der Waals surface area contributed by atoms with Gasteiger partial charge in [-0.05, 0) is 24.6 Å². The lowest BCUT2D eigenvalue weighted by Gasteiger charge is -2.10. The maximum absolute atomic E-state index is 11.7. The van der Waals surface area contributed by atoms with E-state index >= 15 is 0 Å². The van der Waals surface area contributed by atoms with E-state index in [2.05, 4.69) is 5.32 Å².